The molecule has 2 aromatic rings. The van der Waals surface area contributed by atoms with Crippen LogP contribution < -0.4 is 28.4 Å². The Balaban J connectivity index is 2.23. The SMILES string of the molecule is COc1cc(OC)c(/C=C/S(=O)(=O)Nc2ccc(OC)c(OCCCC(=O)O)c2)c(OC)c1. The molecule has 180 valence electrons. The van der Waals surface area contributed by atoms with Crippen molar-refractivity contribution in [1.29, 1.82) is 0 Å². The van der Waals surface area contributed by atoms with Crippen LogP contribution in [0.3, 0.4) is 0 Å². The lowest BCUT2D eigenvalue weighted by atomic mass is 10.1. The lowest BCUT2D eigenvalue weighted by molar-refractivity contribution is -0.137. The molecule has 0 unspecified atom stereocenters. The first kappa shape index (κ1) is 25.7. The van der Waals surface area contributed by atoms with E-state index in [0.717, 1.165) is 5.41 Å². The van der Waals surface area contributed by atoms with Crippen LogP contribution in [0.5, 0.6) is 28.7 Å². The predicted molar refractivity (Wildman–Crippen MR) is 123 cm³/mol. The number of carbonyl (C=O) groups is 1. The first-order chi connectivity index (χ1) is 15.7. The lowest BCUT2D eigenvalue weighted by Crippen LogP contribution is -2.09. The number of carboxylic acid groups (broad SMARTS) is 1. The van der Waals surface area contributed by atoms with Crippen LogP contribution in [-0.4, -0.2) is 54.5 Å². The van der Waals surface area contributed by atoms with Crippen LogP contribution >= 0.6 is 0 Å². The first-order valence-corrected chi connectivity index (χ1v) is 11.3. The third-order valence-corrected chi connectivity index (χ3v) is 5.40. The molecule has 0 fully saturated rings. The largest absolute Gasteiger partial charge is 0.496 e. The second-order valence-electron chi connectivity index (χ2n) is 6.61. The summed E-state index contributed by atoms with van der Waals surface area (Å²) in [5.41, 5.74) is 0.658. The van der Waals surface area contributed by atoms with Gasteiger partial charge in [-0.2, -0.15) is 0 Å². The third-order valence-electron chi connectivity index (χ3n) is 4.38. The number of anilines is 1. The van der Waals surface area contributed by atoms with Crippen molar-refractivity contribution in [3.8, 4) is 28.7 Å². The fourth-order valence-corrected chi connectivity index (χ4v) is 3.65. The fraction of sp³-hybridized carbons (Fsp3) is 0.318. The molecular formula is C22H27NO9S. The number of ether oxygens (including phenoxy) is 5. The van der Waals surface area contributed by atoms with Crippen molar-refractivity contribution in [1.82, 2.24) is 0 Å². The van der Waals surface area contributed by atoms with E-state index in [1.54, 1.807) is 18.2 Å². The number of hydrogen-bond donors (Lipinski definition) is 2. The molecule has 0 saturated heterocycles. The van der Waals surface area contributed by atoms with E-state index in [4.69, 9.17) is 28.8 Å². The number of sulfonamides is 1. The van der Waals surface area contributed by atoms with Gasteiger partial charge in [-0.15, -0.1) is 0 Å². The highest BCUT2D eigenvalue weighted by molar-refractivity contribution is 7.95. The number of nitrogens with one attached hydrogen (secondary N) is 1. The Bertz CT molecular complexity index is 1070. The standard InChI is InChI=1S/C22H27NO9S/c1-28-16-13-19(30-3)17(20(14-16)31-4)9-11-33(26,27)23-15-7-8-18(29-2)21(12-15)32-10-5-6-22(24)25/h7-9,11-14,23H,5-6,10H2,1-4H3,(H,24,25)/b11-9+. The maximum atomic E-state index is 12.7. The van der Waals surface area contributed by atoms with E-state index in [2.05, 4.69) is 4.72 Å². The van der Waals surface area contributed by atoms with Crippen molar-refractivity contribution in [2.24, 2.45) is 0 Å². The monoisotopic (exact) mass is 481 g/mol. The summed E-state index contributed by atoms with van der Waals surface area (Å²) in [6.45, 7) is 0.135. The quantitative estimate of drug-likeness (QED) is 0.414. The minimum atomic E-state index is -3.92. The highest BCUT2D eigenvalue weighted by Gasteiger charge is 2.14. The van der Waals surface area contributed by atoms with Gasteiger partial charge in [0.1, 0.15) is 17.2 Å². The Labute approximate surface area is 192 Å². The van der Waals surface area contributed by atoms with Gasteiger partial charge in [0.15, 0.2) is 11.5 Å². The van der Waals surface area contributed by atoms with Crippen LogP contribution in [0.4, 0.5) is 5.69 Å². The van der Waals surface area contributed by atoms with Crippen molar-refractivity contribution in [2.75, 3.05) is 39.8 Å². The topological polar surface area (TPSA) is 130 Å². The van der Waals surface area contributed by atoms with Crippen molar-refractivity contribution in [3.63, 3.8) is 0 Å². The maximum absolute atomic E-state index is 12.7. The van der Waals surface area contributed by atoms with Crippen LogP contribution in [0.15, 0.2) is 35.7 Å². The van der Waals surface area contributed by atoms with Gasteiger partial charge in [0.25, 0.3) is 10.0 Å². The molecule has 0 spiro atoms. The Morgan fingerprint density at radius 3 is 2.12 bits per heavy atom. The first-order valence-electron chi connectivity index (χ1n) is 9.76. The van der Waals surface area contributed by atoms with Crippen molar-refractivity contribution >= 4 is 27.8 Å². The van der Waals surface area contributed by atoms with Crippen LogP contribution in [0.2, 0.25) is 0 Å². The number of carboxylic acids is 1. The Hall–Kier alpha value is -3.60. The highest BCUT2D eigenvalue weighted by atomic mass is 32.2. The molecule has 0 aliphatic rings. The molecule has 0 bridgehead atoms. The minimum Gasteiger partial charge on any atom is -0.496 e. The van der Waals surface area contributed by atoms with Gasteiger partial charge in [-0.05, 0) is 24.6 Å². The third kappa shape index (κ3) is 7.49. The number of benzene rings is 2. The molecule has 0 radical (unpaired) electrons. The summed E-state index contributed by atoms with van der Waals surface area (Å²) < 4.78 is 54.4. The molecule has 0 saturated carbocycles. The summed E-state index contributed by atoms with van der Waals surface area (Å²) in [7, 11) is 1.93. The molecule has 2 N–H and O–H groups in total. The predicted octanol–water partition coefficient (Wildman–Crippen LogP) is 3.38. The smallest absolute Gasteiger partial charge is 0.303 e. The average Bonchev–Trinajstić information content (AvgIpc) is 2.79. The van der Waals surface area contributed by atoms with E-state index in [1.165, 1.54) is 46.6 Å². The maximum Gasteiger partial charge on any atom is 0.303 e. The molecule has 10 nitrogen and oxygen atoms in total. The van der Waals surface area contributed by atoms with E-state index < -0.39 is 16.0 Å². The summed E-state index contributed by atoms with van der Waals surface area (Å²) >= 11 is 0. The summed E-state index contributed by atoms with van der Waals surface area (Å²) in [6, 6.07) is 7.74. The normalized spacial score (nSPS) is 11.2. The molecule has 0 heterocycles. The second-order valence-corrected chi connectivity index (χ2v) is 8.17. The van der Waals surface area contributed by atoms with Gasteiger partial charge < -0.3 is 28.8 Å². The summed E-state index contributed by atoms with van der Waals surface area (Å²) in [6.07, 6.45) is 1.60. The Morgan fingerprint density at radius 2 is 1.58 bits per heavy atom. The number of hydrogen-bond acceptors (Lipinski definition) is 8. The summed E-state index contributed by atoms with van der Waals surface area (Å²) in [5, 5.41) is 9.71. The summed E-state index contributed by atoms with van der Waals surface area (Å²) in [5.74, 6) is 0.986. The second kappa shape index (κ2) is 11.9. The van der Waals surface area contributed by atoms with E-state index in [0.29, 0.717) is 35.0 Å². The minimum absolute atomic E-state index is 0.0439. The zero-order valence-corrected chi connectivity index (χ0v) is 19.6. The van der Waals surface area contributed by atoms with Crippen LogP contribution in [-0.2, 0) is 14.8 Å². The van der Waals surface area contributed by atoms with Gasteiger partial charge >= 0.3 is 5.97 Å². The van der Waals surface area contributed by atoms with Gasteiger partial charge in [-0.1, -0.05) is 0 Å². The van der Waals surface area contributed by atoms with Crippen molar-refractivity contribution in [2.45, 2.75) is 12.8 Å². The van der Waals surface area contributed by atoms with Crippen LogP contribution in [0, 0.1) is 0 Å². The molecule has 0 amide bonds. The molecule has 33 heavy (non-hydrogen) atoms. The number of aliphatic carboxylic acids is 1. The zero-order valence-electron chi connectivity index (χ0n) is 18.8. The lowest BCUT2D eigenvalue weighted by Gasteiger charge is -2.13. The van der Waals surface area contributed by atoms with E-state index >= 15 is 0 Å². The Morgan fingerprint density at radius 1 is 0.939 bits per heavy atom. The molecule has 0 atom stereocenters. The average molecular weight is 482 g/mol. The number of rotatable bonds is 13. The molecule has 0 aromatic heterocycles. The Kier molecular flexibility index (Phi) is 9.22. The zero-order chi connectivity index (χ0) is 24.4. The molecular weight excluding hydrogens is 454 g/mol. The van der Waals surface area contributed by atoms with Crippen LogP contribution in [0.1, 0.15) is 18.4 Å². The van der Waals surface area contributed by atoms with Crippen molar-refractivity contribution < 1.29 is 42.0 Å². The molecule has 2 aromatic carbocycles. The van der Waals surface area contributed by atoms with Crippen molar-refractivity contribution in [3.05, 3.63) is 41.3 Å². The molecule has 2 rings (SSSR count). The van der Waals surface area contributed by atoms with E-state index in [1.807, 2.05) is 0 Å². The number of methoxy groups -OCH3 is 4. The van der Waals surface area contributed by atoms with Gasteiger partial charge in [0, 0.05) is 24.6 Å². The van der Waals surface area contributed by atoms with Gasteiger partial charge in [-0.25, -0.2) is 8.42 Å². The van der Waals surface area contributed by atoms with Gasteiger partial charge in [0.2, 0.25) is 0 Å². The van der Waals surface area contributed by atoms with E-state index in [9.17, 15) is 13.2 Å². The fourth-order valence-electron chi connectivity index (χ4n) is 2.81. The highest BCUT2D eigenvalue weighted by Crippen LogP contribution is 2.35. The summed E-state index contributed by atoms with van der Waals surface area (Å²) in [4.78, 5) is 10.6. The molecule has 0 aliphatic carbocycles. The van der Waals surface area contributed by atoms with E-state index in [-0.39, 0.29) is 24.5 Å². The van der Waals surface area contributed by atoms with Gasteiger partial charge in [0.05, 0.1) is 51.7 Å². The molecule has 0 aliphatic heterocycles. The molecule has 11 heteroatoms. The van der Waals surface area contributed by atoms with Crippen LogP contribution in [0.25, 0.3) is 6.08 Å². The van der Waals surface area contributed by atoms with Gasteiger partial charge in [-0.3, -0.25) is 9.52 Å².